The van der Waals surface area contributed by atoms with E-state index in [1.807, 2.05) is 0 Å². The summed E-state index contributed by atoms with van der Waals surface area (Å²) in [4.78, 5) is 14.3. The molecule has 0 unspecified atom stereocenters. The van der Waals surface area contributed by atoms with Crippen molar-refractivity contribution in [3.8, 4) is 0 Å². The molecule has 0 aliphatic rings. The van der Waals surface area contributed by atoms with Crippen molar-refractivity contribution in [2.75, 3.05) is 7.11 Å². The van der Waals surface area contributed by atoms with Gasteiger partial charge in [-0.15, -0.1) is 0 Å². The van der Waals surface area contributed by atoms with Crippen molar-refractivity contribution in [3.63, 3.8) is 0 Å². The number of carbonyl (C=O) groups excluding carboxylic acids is 1. The van der Waals surface area contributed by atoms with E-state index in [1.54, 1.807) is 0 Å². The van der Waals surface area contributed by atoms with Crippen LogP contribution in [0.3, 0.4) is 0 Å². The van der Waals surface area contributed by atoms with Crippen LogP contribution in [0.4, 0.5) is 4.39 Å². The predicted molar refractivity (Wildman–Crippen MR) is 40.9 cm³/mol. The van der Waals surface area contributed by atoms with Crippen molar-refractivity contribution in [2.45, 2.75) is 0 Å². The first-order valence-electron chi connectivity index (χ1n) is 3.14. The van der Waals surface area contributed by atoms with Crippen LogP contribution < -0.4 is 5.59 Å². The van der Waals surface area contributed by atoms with E-state index in [4.69, 9.17) is 7.85 Å². The van der Waals surface area contributed by atoms with Crippen molar-refractivity contribution in [1.82, 2.24) is 4.98 Å². The molecule has 0 atom stereocenters. The number of methoxy groups -OCH3 is 1. The Morgan fingerprint density at radius 3 is 3.00 bits per heavy atom. The Bertz CT molecular complexity index is 316. The number of halogens is 1. The molecule has 0 fully saturated rings. The summed E-state index contributed by atoms with van der Waals surface area (Å²) in [5.41, 5.74) is -0.123. The fourth-order valence-corrected chi connectivity index (χ4v) is 0.721. The molecule has 2 radical (unpaired) electrons. The molecule has 60 valence electrons. The molecule has 0 aliphatic heterocycles. The summed E-state index contributed by atoms with van der Waals surface area (Å²) in [6, 6.07) is 1.13. The van der Waals surface area contributed by atoms with Crippen LogP contribution in [0.15, 0.2) is 12.3 Å². The lowest BCUT2D eigenvalue weighted by Crippen LogP contribution is -2.14. The van der Waals surface area contributed by atoms with Gasteiger partial charge in [0.05, 0.1) is 18.9 Å². The normalized spacial score (nSPS) is 9.50. The van der Waals surface area contributed by atoms with E-state index in [0.29, 0.717) is 0 Å². The van der Waals surface area contributed by atoms with E-state index < -0.39 is 11.8 Å². The van der Waals surface area contributed by atoms with Crippen LogP contribution in [0.25, 0.3) is 0 Å². The van der Waals surface area contributed by atoms with Crippen LogP contribution in [-0.2, 0) is 4.74 Å². The lowest BCUT2D eigenvalue weighted by molar-refractivity contribution is 0.0595. The van der Waals surface area contributed by atoms with Crippen LogP contribution in [0.5, 0.6) is 0 Å². The number of rotatable bonds is 1. The number of nitrogens with zero attached hydrogens (tertiary/aromatic N) is 1. The molecule has 0 spiro atoms. The van der Waals surface area contributed by atoms with Gasteiger partial charge in [0.15, 0.2) is 5.82 Å². The minimum atomic E-state index is -0.762. The quantitative estimate of drug-likeness (QED) is 0.427. The molecule has 1 heterocycles. The molecule has 1 rings (SSSR count). The van der Waals surface area contributed by atoms with Gasteiger partial charge in [-0.2, -0.15) is 0 Å². The third-order valence-corrected chi connectivity index (χ3v) is 1.28. The Labute approximate surface area is 70.0 Å². The summed E-state index contributed by atoms with van der Waals surface area (Å²) in [6.45, 7) is 0. The first-order valence-corrected chi connectivity index (χ1v) is 3.14. The third kappa shape index (κ3) is 1.61. The molecule has 0 saturated heterocycles. The van der Waals surface area contributed by atoms with Crippen LogP contribution in [0.1, 0.15) is 10.4 Å². The van der Waals surface area contributed by atoms with E-state index in [-0.39, 0.29) is 11.2 Å². The maximum Gasteiger partial charge on any atom is 0.340 e. The Morgan fingerprint density at radius 1 is 1.75 bits per heavy atom. The lowest BCUT2D eigenvalue weighted by atomic mass is 10.0. The number of carbonyl (C=O) groups is 1. The minimum Gasteiger partial charge on any atom is -0.465 e. The van der Waals surface area contributed by atoms with Crippen LogP contribution in [0, 0.1) is 5.82 Å². The van der Waals surface area contributed by atoms with Crippen LogP contribution in [-0.4, -0.2) is 25.9 Å². The van der Waals surface area contributed by atoms with Gasteiger partial charge in [-0.1, -0.05) is 0 Å². The van der Waals surface area contributed by atoms with Crippen molar-refractivity contribution in [3.05, 3.63) is 23.6 Å². The summed E-state index contributed by atoms with van der Waals surface area (Å²) in [5.74, 6) is -1.50. The van der Waals surface area contributed by atoms with Crippen molar-refractivity contribution in [1.29, 1.82) is 0 Å². The molecule has 1 aromatic heterocycles. The van der Waals surface area contributed by atoms with E-state index >= 15 is 0 Å². The number of aromatic nitrogens is 1. The van der Waals surface area contributed by atoms with Gasteiger partial charge in [-0.3, -0.25) is 4.98 Å². The van der Waals surface area contributed by atoms with Gasteiger partial charge in [0, 0.05) is 0 Å². The highest BCUT2D eigenvalue weighted by atomic mass is 19.1. The largest absolute Gasteiger partial charge is 0.465 e. The highest BCUT2D eigenvalue weighted by Crippen LogP contribution is 2.03. The van der Waals surface area contributed by atoms with Crippen molar-refractivity contribution >= 4 is 19.4 Å². The lowest BCUT2D eigenvalue weighted by Gasteiger charge is -2.00. The fourth-order valence-electron chi connectivity index (χ4n) is 0.721. The SMILES string of the molecule is [B]c1cc(C(=O)OC)c(F)cn1. The molecule has 0 aromatic carbocycles. The predicted octanol–water partition coefficient (Wildman–Crippen LogP) is -0.199. The monoisotopic (exact) mass is 165 g/mol. The topological polar surface area (TPSA) is 39.2 Å². The summed E-state index contributed by atoms with van der Waals surface area (Å²) in [6.07, 6.45) is 0.877. The Kier molecular flexibility index (Phi) is 2.42. The van der Waals surface area contributed by atoms with Crippen LogP contribution >= 0.6 is 0 Å². The van der Waals surface area contributed by atoms with E-state index in [9.17, 15) is 9.18 Å². The summed E-state index contributed by atoms with van der Waals surface area (Å²) in [5, 5.41) is 0. The second kappa shape index (κ2) is 3.34. The Hall–Kier alpha value is -1.39. The van der Waals surface area contributed by atoms with Crippen LogP contribution in [0.2, 0.25) is 0 Å². The average Bonchev–Trinajstić information content (AvgIpc) is 2.08. The van der Waals surface area contributed by atoms with Gasteiger partial charge in [0.25, 0.3) is 0 Å². The molecule has 5 heteroatoms. The third-order valence-electron chi connectivity index (χ3n) is 1.28. The Morgan fingerprint density at radius 2 is 2.42 bits per heavy atom. The molecule has 0 amide bonds. The summed E-state index contributed by atoms with van der Waals surface area (Å²) in [7, 11) is 6.40. The molecule has 1 aromatic rings. The summed E-state index contributed by atoms with van der Waals surface area (Å²) < 4.78 is 17.1. The van der Waals surface area contributed by atoms with Gasteiger partial charge >= 0.3 is 5.97 Å². The molecule has 0 N–H and O–H groups in total. The maximum atomic E-state index is 12.8. The second-order valence-corrected chi connectivity index (χ2v) is 2.08. The number of ether oxygens (including phenoxy) is 1. The fraction of sp³-hybridized carbons (Fsp3) is 0.143. The van der Waals surface area contributed by atoms with E-state index in [2.05, 4.69) is 9.72 Å². The second-order valence-electron chi connectivity index (χ2n) is 2.08. The maximum absolute atomic E-state index is 12.8. The number of hydrogen-bond acceptors (Lipinski definition) is 3. The molecule has 3 nitrogen and oxygen atoms in total. The number of esters is 1. The van der Waals surface area contributed by atoms with Gasteiger partial charge in [-0.05, 0) is 11.7 Å². The molecular weight excluding hydrogens is 160 g/mol. The molecule has 0 bridgehead atoms. The smallest absolute Gasteiger partial charge is 0.340 e. The highest BCUT2D eigenvalue weighted by Gasteiger charge is 2.11. The van der Waals surface area contributed by atoms with Gasteiger partial charge in [0.2, 0.25) is 0 Å². The standard InChI is InChI=1S/C7H5BFNO2/c1-12-7(11)4-2-6(8)10-3-5(4)9/h2-3H,1H3. The zero-order valence-electron chi connectivity index (χ0n) is 6.37. The molecule has 0 aliphatic carbocycles. The van der Waals surface area contributed by atoms with Gasteiger partial charge in [0.1, 0.15) is 7.85 Å². The minimum absolute atomic E-state index is 0.0804. The molecular formula is C7H5BFNO2. The number of pyridine rings is 1. The Balaban J connectivity index is 3.13. The first kappa shape index (κ1) is 8.71. The van der Waals surface area contributed by atoms with Crippen molar-refractivity contribution in [2.24, 2.45) is 0 Å². The van der Waals surface area contributed by atoms with E-state index in [1.165, 1.54) is 7.11 Å². The molecule has 0 saturated carbocycles. The summed E-state index contributed by atoms with van der Waals surface area (Å²) >= 11 is 0. The first-order chi connectivity index (χ1) is 5.65. The zero-order valence-corrected chi connectivity index (χ0v) is 6.37. The van der Waals surface area contributed by atoms with Gasteiger partial charge < -0.3 is 4.74 Å². The molecule has 12 heavy (non-hydrogen) atoms. The highest BCUT2D eigenvalue weighted by molar-refractivity contribution is 6.30. The van der Waals surface area contributed by atoms with Gasteiger partial charge in [-0.25, -0.2) is 9.18 Å². The average molecular weight is 165 g/mol. The zero-order chi connectivity index (χ0) is 9.14. The number of hydrogen-bond donors (Lipinski definition) is 0. The van der Waals surface area contributed by atoms with E-state index in [0.717, 1.165) is 12.3 Å². The van der Waals surface area contributed by atoms with Crippen molar-refractivity contribution < 1.29 is 13.9 Å².